The molecule has 0 aromatic rings. The van der Waals surface area contributed by atoms with Crippen LogP contribution in [0.4, 0.5) is 0 Å². The zero-order valence-corrected chi connectivity index (χ0v) is 7.84. The highest BCUT2D eigenvalue weighted by Crippen LogP contribution is 1.94. The van der Waals surface area contributed by atoms with E-state index in [-0.39, 0.29) is 0 Å². The second kappa shape index (κ2) is 7.41. The number of hydrogen-bond donors (Lipinski definition) is 0. The number of nitrogens with zero attached hydrogens (tertiary/aromatic N) is 4. The van der Waals surface area contributed by atoms with Crippen LogP contribution in [0, 0.1) is 9.81 Å². The molecule has 1 aliphatic heterocycles. The monoisotopic (exact) mass is 190 g/mol. The van der Waals surface area contributed by atoms with E-state index in [9.17, 15) is 9.81 Å². The van der Waals surface area contributed by atoms with E-state index in [1.807, 2.05) is 0 Å². The summed E-state index contributed by atoms with van der Waals surface area (Å²) in [4.78, 5) is 19.0. The Bertz CT molecular complexity index is 147. The van der Waals surface area contributed by atoms with Gasteiger partial charge in [0.05, 0.1) is 36.9 Å². The maximum absolute atomic E-state index is 9.78. The molecule has 1 fully saturated rings. The molecule has 0 aliphatic carbocycles. The minimum Gasteiger partial charge on any atom is -0.378 e. The van der Waals surface area contributed by atoms with Crippen LogP contribution in [0.3, 0.4) is 0 Å². The van der Waals surface area contributed by atoms with Gasteiger partial charge in [-0.15, -0.1) is 9.81 Å². The highest BCUT2D eigenvalue weighted by atomic mass is 16.5. The van der Waals surface area contributed by atoms with E-state index in [1.165, 1.54) is 10.0 Å². The third-order valence-electron chi connectivity index (χ3n) is 1.27. The molecule has 0 aromatic heterocycles. The lowest BCUT2D eigenvalue weighted by molar-refractivity contribution is 0.0383. The van der Waals surface area contributed by atoms with Gasteiger partial charge in [0.25, 0.3) is 0 Å². The molecule has 1 saturated heterocycles. The SMILES string of the molecule is CN(C)N=O.O=NN1CCOCC1. The molecule has 1 aliphatic rings. The fourth-order valence-electron chi connectivity index (χ4n) is 0.635. The predicted octanol–water partition coefficient (Wildman–Crippen LogP) is 0.229. The zero-order chi connectivity index (χ0) is 10.1. The number of nitroso groups, excluding NO2 is 2. The van der Waals surface area contributed by atoms with Crippen LogP contribution >= 0.6 is 0 Å². The minimum atomic E-state index is 0.631. The summed E-state index contributed by atoms with van der Waals surface area (Å²) in [7, 11) is 3.15. The lowest BCUT2D eigenvalue weighted by atomic mass is 10.5. The molecule has 7 nitrogen and oxygen atoms in total. The lowest BCUT2D eigenvalue weighted by Gasteiger charge is -2.19. The van der Waals surface area contributed by atoms with Gasteiger partial charge < -0.3 is 4.74 Å². The molecule has 0 unspecified atom stereocenters. The Hall–Kier alpha value is -1.24. The lowest BCUT2D eigenvalue weighted by Crippen LogP contribution is -2.31. The van der Waals surface area contributed by atoms with E-state index in [1.54, 1.807) is 14.1 Å². The van der Waals surface area contributed by atoms with Crippen LogP contribution < -0.4 is 0 Å². The van der Waals surface area contributed by atoms with Gasteiger partial charge in [0, 0.05) is 14.1 Å². The van der Waals surface area contributed by atoms with E-state index < -0.39 is 0 Å². The van der Waals surface area contributed by atoms with Crippen LogP contribution in [0.5, 0.6) is 0 Å². The van der Waals surface area contributed by atoms with Crippen molar-refractivity contribution in [2.75, 3.05) is 40.4 Å². The Morgan fingerprint density at radius 2 is 1.69 bits per heavy atom. The van der Waals surface area contributed by atoms with Gasteiger partial charge in [-0.2, -0.15) is 0 Å². The van der Waals surface area contributed by atoms with Gasteiger partial charge in [0.2, 0.25) is 0 Å². The first-order chi connectivity index (χ1) is 6.20. The molecule has 0 radical (unpaired) electrons. The maximum Gasteiger partial charge on any atom is 0.0660 e. The summed E-state index contributed by atoms with van der Waals surface area (Å²) < 4.78 is 4.96. The fraction of sp³-hybridized carbons (Fsp3) is 1.00. The molecule has 0 amide bonds. The molecular formula is C6H14N4O3. The van der Waals surface area contributed by atoms with Crippen LogP contribution in [-0.4, -0.2) is 50.4 Å². The van der Waals surface area contributed by atoms with E-state index >= 15 is 0 Å². The van der Waals surface area contributed by atoms with Crippen LogP contribution in [0.2, 0.25) is 0 Å². The van der Waals surface area contributed by atoms with Crippen molar-refractivity contribution in [1.82, 2.24) is 10.0 Å². The predicted molar refractivity (Wildman–Crippen MR) is 47.7 cm³/mol. The first kappa shape index (κ1) is 11.8. The summed E-state index contributed by atoms with van der Waals surface area (Å²) in [6, 6.07) is 0. The van der Waals surface area contributed by atoms with Crippen molar-refractivity contribution in [3.63, 3.8) is 0 Å². The van der Waals surface area contributed by atoms with Crippen LogP contribution in [0.25, 0.3) is 0 Å². The number of hydrogen-bond acceptors (Lipinski definition) is 5. The molecule has 0 saturated carbocycles. The Labute approximate surface area is 76.5 Å². The molecule has 76 valence electrons. The van der Waals surface area contributed by atoms with Gasteiger partial charge in [0.1, 0.15) is 0 Å². The van der Waals surface area contributed by atoms with Gasteiger partial charge in [-0.1, -0.05) is 0 Å². The molecule has 0 bridgehead atoms. The summed E-state index contributed by atoms with van der Waals surface area (Å²) in [5.74, 6) is 0. The van der Waals surface area contributed by atoms with E-state index in [4.69, 9.17) is 4.74 Å². The van der Waals surface area contributed by atoms with Crippen molar-refractivity contribution in [1.29, 1.82) is 0 Å². The van der Waals surface area contributed by atoms with E-state index in [2.05, 4.69) is 10.6 Å². The van der Waals surface area contributed by atoms with Crippen LogP contribution in [-0.2, 0) is 4.74 Å². The van der Waals surface area contributed by atoms with Crippen LogP contribution in [0.1, 0.15) is 0 Å². The third-order valence-corrected chi connectivity index (χ3v) is 1.27. The maximum atomic E-state index is 9.78. The van der Waals surface area contributed by atoms with Crippen molar-refractivity contribution >= 4 is 0 Å². The first-order valence-electron chi connectivity index (χ1n) is 3.87. The molecule has 0 N–H and O–H groups in total. The zero-order valence-electron chi connectivity index (χ0n) is 7.84. The second-order valence-corrected chi connectivity index (χ2v) is 2.58. The van der Waals surface area contributed by atoms with Gasteiger partial charge in [-0.3, -0.25) is 10.0 Å². The van der Waals surface area contributed by atoms with Crippen molar-refractivity contribution in [2.45, 2.75) is 0 Å². The Balaban J connectivity index is 0.000000252. The van der Waals surface area contributed by atoms with Crippen molar-refractivity contribution in [2.24, 2.45) is 10.6 Å². The van der Waals surface area contributed by atoms with Gasteiger partial charge in [-0.25, -0.2) is 0 Å². The number of rotatable bonds is 2. The summed E-state index contributed by atoms with van der Waals surface area (Å²) >= 11 is 0. The molecular weight excluding hydrogens is 176 g/mol. The molecule has 13 heavy (non-hydrogen) atoms. The number of morpholine rings is 1. The highest BCUT2D eigenvalue weighted by molar-refractivity contribution is 4.54. The van der Waals surface area contributed by atoms with E-state index in [0.29, 0.717) is 26.3 Å². The van der Waals surface area contributed by atoms with Crippen molar-refractivity contribution in [3.05, 3.63) is 9.81 Å². The summed E-state index contributed by atoms with van der Waals surface area (Å²) in [5.41, 5.74) is 0. The Morgan fingerprint density at radius 3 is 1.92 bits per heavy atom. The summed E-state index contributed by atoms with van der Waals surface area (Å²) in [6.45, 7) is 2.55. The Morgan fingerprint density at radius 1 is 1.23 bits per heavy atom. The molecule has 0 aromatic carbocycles. The first-order valence-corrected chi connectivity index (χ1v) is 3.87. The van der Waals surface area contributed by atoms with E-state index in [0.717, 1.165) is 0 Å². The number of ether oxygens (including phenoxy) is 1. The minimum absolute atomic E-state index is 0.631. The standard InChI is InChI=1S/C4H8N2O2.C2H6N2O/c7-5-6-1-3-8-4-2-6;1-4(2)3-5/h1-4H2;1-2H3. The molecule has 7 heteroatoms. The molecule has 1 heterocycles. The van der Waals surface area contributed by atoms with Gasteiger partial charge in [0.15, 0.2) is 0 Å². The smallest absolute Gasteiger partial charge is 0.0660 e. The fourth-order valence-corrected chi connectivity index (χ4v) is 0.635. The topological polar surface area (TPSA) is 74.6 Å². The average Bonchev–Trinajstić information content (AvgIpc) is 2.20. The van der Waals surface area contributed by atoms with Crippen molar-refractivity contribution in [3.8, 4) is 0 Å². The quantitative estimate of drug-likeness (QED) is 0.460. The van der Waals surface area contributed by atoms with Gasteiger partial charge in [-0.05, 0) is 0 Å². The van der Waals surface area contributed by atoms with Gasteiger partial charge >= 0.3 is 0 Å². The molecule has 0 atom stereocenters. The third kappa shape index (κ3) is 7.13. The molecule has 1 rings (SSSR count). The van der Waals surface area contributed by atoms with Crippen LogP contribution in [0.15, 0.2) is 10.6 Å². The van der Waals surface area contributed by atoms with Crippen molar-refractivity contribution < 1.29 is 4.74 Å². The normalized spacial score (nSPS) is 15.4. The Kier molecular flexibility index (Phi) is 6.70. The average molecular weight is 190 g/mol. The summed E-state index contributed by atoms with van der Waals surface area (Å²) in [6.07, 6.45) is 0. The molecule has 0 spiro atoms. The second-order valence-electron chi connectivity index (χ2n) is 2.58. The largest absolute Gasteiger partial charge is 0.378 e. The summed E-state index contributed by atoms with van der Waals surface area (Å²) in [5, 5.41) is 7.88. The highest BCUT2D eigenvalue weighted by Gasteiger charge is 2.06.